The van der Waals surface area contributed by atoms with Gasteiger partial charge in [-0.15, -0.1) is 0 Å². The Labute approximate surface area is 94.5 Å². The number of primary amides is 1. The molecular weight excluding hydrogens is 212 g/mol. The number of methoxy groups -OCH3 is 1. The molecule has 0 saturated carbocycles. The molecule has 6 nitrogen and oxygen atoms in total. The summed E-state index contributed by atoms with van der Waals surface area (Å²) in [7, 11) is 1.26. The number of carbonyl (C=O) groups is 3. The summed E-state index contributed by atoms with van der Waals surface area (Å²) in [5.74, 6) is -1.60. The molecule has 6 heteroatoms. The molecule has 0 spiro atoms. The van der Waals surface area contributed by atoms with E-state index in [0.717, 1.165) is 0 Å². The van der Waals surface area contributed by atoms with Crippen LogP contribution in [0.1, 0.15) is 26.7 Å². The summed E-state index contributed by atoms with van der Waals surface area (Å²) in [6.45, 7) is 3.40. The van der Waals surface area contributed by atoms with Gasteiger partial charge in [0.1, 0.15) is 6.04 Å². The van der Waals surface area contributed by atoms with Crippen LogP contribution >= 0.6 is 0 Å². The lowest BCUT2D eigenvalue weighted by atomic mass is 10.1. The highest BCUT2D eigenvalue weighted by Gasteiger charge is 2.20. The maximum atomic E-state index is 11.3. The minimum atomic E-state index is -0.825. The number of nitrogens with two attached hydrogens (primary N) is 1. The molecule has 0 fully saturated rings. The second kappa shape index (κ2) is 6.81. The SMILES string of the molecule is COC(=O)CC[C@H](NC(=O)C(C)C)C(N)=O. The van der Waals surface area contributed by atoms with Crippen LogP contribution in [0.4, 0.5) is 0 Å². The van der Waals surface area contributed by atoms with Gasteiger partial charge in [-0.25, -0.2) is 0 Å². The zero-order chi connectivity index (χ0) is 12.7. The van der Waals surface area contributed by atoms with Crippen LogP contribution in [0.2, 0.25) is 0 Å². The van der Waals surface area contributed by atoms with Crippen molar-refractivity contribution in [2.75, 3.05) is 7.11 Å². The van der Waals surface area contributed by atoms with Crippen molar-refractivity contribution in [2.45, 2.75) is 32.7 Å². The second-order valence-corrected chi connectivity index (χ2v) is 3.73. The monoisotopic (exact) mass is 230 g/mol. The van der Waals surface area contributed by atoms with Gasteiger partial charge >= 0.3 is 5.97 Å². The van der Waals surface area contributed by atoms with E-state index in [2.05, 4.69) is 10.1 Å². The number of rotatable bonds is 6. The lowest BCUT2D eigenvalue weighted by Crippen LogP contribution is -2.46. The summed E-state index contributed by atoms with van der Waals surface area (Å²) in [6, 6.07) is -0.825. The third-order valence-corrected chi connectivity index (χ3v) is 2.05. The van der Waals surface area contributed by atoms with Gasteiger partial charge in [0.2, 0.25) is 11.8 Å². The second-order valence-electron chi connectivity index (χ2n) is 3.73. The number of amides is 2. The van der Waals surface area contributed by atoms with Crippen molar-refractivity contribution in [2.24, 2.45) is 11.7 Å². The number of ether oxygens (including phenoxy) is 1. The van der Waals surface area contributed by atoms with Crippen molar-refractivity contribution in [1.29, 1.82) is 0 Å². The lowest BCUT2D eigenvalue weighted by molar-refractivity contribution is -0.141. The van der Waals surface area contributed by atoms with E-state index in [1.807, 2.05) is 0 Å². The molecule has 0 bridgehead atoms. The maximum Gasteiger partial charge on any atom is 0.305 e. The minimum Gasteiger partial charge on any atom is -0.469 e. The van der Waals surface area contributed by atoms with E-state index in [-0.39, 0.29) is 24.7 Å². The van der Waals surface area contributed by atoms with Crippen molar-refractivity contribution < 1.29 is 19.1 Å². The Kier molecular flexibility index (Phi) is 6.14. The van der Waals surface area contributed by atoms with Crippen molar-refractivity contribution in [3.05, 3.63) is 0 Å². The zero-order valence-corrected chi connectivity index (χ0v) is 9.78. The van der Waals surface area contributed by atoms with Gasteiger partial charge < -0.3 is 15.8 Å². The van der Waals surface area contributed by atoms with Crippen LogP contribution in [0, 0.1) is 5.92 Å². The van der Waals surface area contributed by atoms with E-state index in [4.69, 9.17) is 5.73 Å². The molecule has 0 aromatic heterocycles. The van der Waals surface area contributed by atoms with E-state index in [1.54, 1.807) is 13.8 Å². The Hall–Kier alpha value is -1.59. The number of hydrogen-bond acceptors (Lipinski definition) is 4. The third kappa shape index (κ3) is 5.33. The quantitative estimate of drug-likeness (QED) is 0.604. The molecule has 0 aliphatic rings. The summed E-state index contributed by atoms with van der Waals surface area (Å²) in [5.41, 5.74) is 5.11. The highest BCUT2D eigenvalue weighted by atomic mass is 16.5. The fourth-order valence-corrected chi connectivity index (χ4v) is 0.988. The molecule has 16 heavy (non-hydrogen) atoms. The molecule has 3 N–H and O–H groups in total. The zero-order valence-electron chi connectivity index (χ0n) is 9.78. The summed E-state index contributed by atoms with van der Waals surface area (Å²) in [5, 5.41) is 2.47. The molecule has 0 saturated heterocycles. The molecule has 0 unspecified atom stereocenters. The van der Waals surface area contributed by atoms with Crippen molar-refractivity contribution in [3.8, 4) is 0 Å². The summed E-state index contributed by atoms with van der Waals surface area (Å²) < 4.78 is 4.43. The van der Waals surface area contributed by atoms with Crippen molar-refractivity contribution >= 4 is 17.8 Å². The molecule has 0 heterocycles. The minimum absolute atomic E-state index is 0.0441. The molecule has 0 radical (unpaired) electrons. The Morgan fingerprint density at radius 3 is 2.25 bits per heavy atom. The van der Waals surface area contributed by atoms with Gasteiger partial charge in [0.15, 0.2) is 0 Å². The van der Waals surface area contributed by atoms with Crippen molar-refractivity contribution in [3.63, 3.8) is 0 Å². The number of carbonyl (C=O) groups excluding carboxylic acids is 3. The van der Waals surface area contributed by atoms with Crippen LogP contribution in [0.3, 0.4) is 0 Å². The highest BCUT2D eigenvalue weighted by Crippen LogP contribution is 2.01. The first kappa shape index (κ1) is 14.4. The van der Waals surface area contributed by atoms with E-state index < -0.39 is 17.9 Å². The first-order valence-corrected chi connectivity index (χ1v) is 5.05. The predicted molar refractivity (Wildman–Crippen MR) is 57.2 cm³/mol. The van der Waals surface area contributed by atoms with Crippen LogP contribution in [-0.2, 0) is 19.1 Å². The Morgan fingerprint density at radius 2 is 1.88 bits per heavy atom. The molecule has 92 valence electrons. The van der Waals surface area contributed by atoms with E-state index in [1.165, 1.54) is 7.11 Å². The number of nitrogens with one attached hydrogen (secondary N) is 1. The van der Waals surface area contributed by atoms with Crippen LogP contribution < -0.4 is 11.1 Å². The Bertz CT molecular complexity index is 276. The third-order valence-electron chi connectivity index (χ3n) is 2.05. The number of hydrogen-bond donors (Lipinski definition) is 2. The first-order valence-electron chi connectivity index (χ1n) is 5.05. The van der Waals surface area contributed by atoms with Crippen LogP contribution in [0.15, 0.2) is 0 Å². The average Bonchev–Trinajstić information content (AvgIpc) is 2.22. The summed E-state index contributed by atoms with van der Waals surface area (Å²) in [4.78, 5) is 33.2. The molecule has 1 atom stereocenters. The van der Waals surface area contributed by atoms with Gasteiger partial charge in [-0.3, -0.25) is 14.4 Å². The van der Waals surface area contributed by atoms with Crippen LogP contribution in [0.5, 0.6) is 0 Å². The topological polar surface area (TPSA) is 98.5 Å². The average molecular weight is 230 g/mol. The van der Waals surface area contributed by atoms with Gasteiger partial charge in [0, 0.05) is 12.3 Å². The van der Waals surface area contributed by atoms with Crippen LogP contribution in [-0.4, -0.2) is 30.9 Å². The lowest BCUT2D eigenvalue weighted by Gasteiger charge is -2.16. The largest absolute Gasteiger partial charge is 0.469 e. The first-order chi connectivity index (χ1) is 7.38. The molecule has 0 rings (SSSR count). The van der Waals surface area contributed by atoms with Crippen molar-refractivity contribution in [1.82, 2.24) is 5.32 Å². The van der Waals surface area contributed by atoms with E-state index in [0.29, 0.717) is 0 Å². The normalized spacial score (nSPS) is 12.0. The van der Waals surface area contributed by atoms with Gasteiger partial charge in [0.25, 0.3) is 0 Å². The molecular formula is C10H18N2O4. The summed E-state index contributed by atoms with van der Waals surface area (Å²) in [6.07, 6.45) is 0.197. The van der Waals surface area contributed by atoms with Gasteiger partial charge in [0.05, 0.1) is 7.11 Å². The van der Waals surface area contributed by atoms with E-state index >= 15 is 0 Å². The summed E-state index contributed by atoms with van der Waals surface area (Å²) >= 11 is 0. The van der Waals surface area contributed by atoms with Gasteiger partial charge in [-0.05, 0) is 6.42 Å². The van der Waals surface area contributed by atoms with Gasteiger partial charge in [-0.2, -0.15) is 0 Å². The molecule has 0 aliphatic carbocycles. The molecule has 0 aromatic carbocycles. The predicted octanol–water partition coefficient (Wildman–Crippen LogP) is -0.434. The standard InChI is InChI=1S/C10H18N2O4/c1-6(2)10(15)12-7(9(11)14)4-5-8(13)16-3/h6-7H,4-5H2,1-3H3,(H2,11,14)(H,12,15)/t7-/m0/s1. The fourth-order valence-electron chi connectivity index (χ4n) is 0.988. The number of esters is 1. The fraction of sp³-hybridized carbons (Fsp3) is 0.700. The molecule has 2 amide bonds. The van der Waals surface area contributed by atoms with Gasteiger partial charge in [-0.1, -0.05) is 13.8 Å². The Morgan fingerprint density at radius 1 is 1.31 bits per heavy atom. The molecule has 0 aromatic rings. The highest BCUT2D eigenvalue weighted by molar-refractivity contribution is 5.87. The maximum absolute atomic E-state index is 11.3. The Balaban J connectivity index is 4.24. The molecule has 0 aliphatic heterocycles. The van der Waals surface area contributed by atoms with E-state index in [9.17, 15) is 14.4 Å². The smallest absolute Gasteiger partial charge is 0.305 e. The van der Waals surface area contributed by atoms with Crippen LogP contribution in [0.25, 0.3) is 0 Å².